The van der Waals surface area contributed by atoms with Gasteiger partial charge in [-0.15, -0.1) is 0 Å². The quantitative estimate of drug-likeness (QED) is 0.831. The van der Waals surface area contributed by atoms with Gasteiger partial charge in [-0.3, -0.25) is 4.79 Å². The van der Waals surface area contributed by atoms with Gasteiger partial charge in [0, 0.05) is 37.8 Å². The van der Waals surface area contributed by atoms with E-state index < -0.39 is 0 Å². The predicted molar refractivity (Wildman–Crippen MR) is 106 cm³/mol. The zero-order chi connectivity index (χ0) is 18.8. The maximum Gasteiger partial charge on any atom is 0.267 e. The van der Waals surface area contributed by atoms with Crippen LogP contribution < -0.4 is 10.5 Å². The van der Waals surface area contributed by atoms with Crippen molar-refractivity contribution in [1.82, 2.24) is 19.7 Å². The summed E-state index contributed by atoms with van der Waals surface area (Å²) in [6.07, 6.45) is 8.37. The second-order valence-corrected chi connectivity index (χ2v) is 8.20. The molecule has 1 fully saturated rings. The Kier molecular flexibility index (Phi) is 5.23. The molecule has 6 nitrogen and oxygen atoms in total. The molecule has 0 amide bonds. The molecule has 2 aromatic heterocycles. The van der Waals surface area contributed by atoms with Crippen LogP contribution in [-0.4, -0.2) is 32.8 Å². The third-order valence-electron chi connectivity index (χ3n) is 5.82. The van der Waals surface area contributed by atoms with Gasteiger partial charge in [-0.1, -0.05) is 13.8 Å². The van der Waals surface area contributed by atoms with Gasteiger partial charge in [-0.25, -0.2) is 14.6 Å². The highest BCUT2D eigenvalue weighted by atomic mass is 16.1. The van der Waals surface area contributed by atoms with Crippen molar-refractivity contribution in [3.8, 4) is 0 Å². The Morgan fingerprint density at radius 1 is 1.19 bits per heavy atom. The molecule has 1 saturated heterocycles. The molecule has 0 spiro atoms. The third kappa shape index (κ3) is 4.04. The van der Waals surface area contributed by atoms with Crippen LogP contribution in [0, 0.1) is 5.92 Å². The summed E-state index contributed by atoms with van der Waals surface area (Å²) in [4.78, 5) is 23.8. The second-order valence-electron chi connectivity index (χ2n) is 8.20. The van der Waals surface area contributed by atoms with Crippen LogP contribution in [0.5, 0.6) is 0 Å². The molecule has 0 bridgehead atoms. The van der Waals surface area contributed by atoms with Gasteiger partial charge in [-0.2, -0.15) is 5.10 Å². The van der Waals surface area contributed by atoms with Gasteiger partial charge in [-0.05, 0) is 56.1 Å². The molecule has 2 aliphatic rings. The number of fused-ring (bicyclic) bond motifs is 1. The maximum absolute atomic E-state index is 12.4. The molecular formula is C21H29N5O. The Labute approximate surface area is 160 Å². The lowest BCUT2D eigenvalue weighted by Crippen LogP contribution is -2.37. The second kappa shape index (κ2) is 7.79. The van der Waals surface area contributed by atoms with E-state index >= 15 is 0 Å². The summed E-state index contributed by atoms with van der Waals surface area (Å²) in [6, 6.07) is 3.83. The summed E-state index contributed by atoms with van der Waals surface area (Å²) < 4.78 is 1.71. The number of aromatic nitrogens is 4. The summed E-state index contributed by atoms with van der Waals surface area (Å²) in [5.74, 6) is 2.76. The molecule has 0 unspecified atom stereocenters. The highest BCUT2D eigenvalue weighted by Gasteiger charge is 2.22. The van der Waals surface area contributed by atoms with Crippen LogP contribution in [0.4, 0.5) is 5.82 Å². The molecule has 0 radical (unpaired) electrons. The molecule has 0 atom stereocenters. The normalized spacial score (nSPS) is 18.0. The molecule has 0 N–H and O–H groups in total. The molecule has 2 aromatic rings. The number of anilines is 1. The van der Waals surface area contributed by atoms with E-state index in [9.17, 15) is 4.79 Å². The van der Waals surface area contributed by atoms with Crippen molar-refractivity contribution in [2.75, 3.05) is 18.0 Å². The van der Waals surface area contributed by atoms with Crippen molar-refractivity contribution in [2.45, 2.75) is 64.8 Å². The van der Waals surface area contributed by atoms with Crippen LogP contribution in [0.2, 0.25) is 0 Å². The third-order valence-corrected chi connectivity index (χ3v) is 5.82. The highest BCUT2D eigenvalue weighted by molar-refractivity contribution is 5.38. The Morgan fingerprint density at radius 3 is 2.74 bits per heavy atom. The summed E-state index contributed by atoms with van der Waals surface area (Å²) >= 11 is 0. The zero-order valence-electron chi connectivity index (χ0n) is 16.4. The van der Waals surface area contributed by atoms with Crippen LogP contribution in [0.25, 0.3) is 0 Å². The van der Waals surface area contributed by atoms with Gasteiger partial charge in [0.2, 0.25) is 0 Å². The van der Waals surface area contributed by atoms with E-state index in [-0.39, 0.29) is 5.56 Å². The lowest BCUT2D eigenvalue weighted by Gasteiger charge is -2.33. The number of hydrogen-bond donors (Lipinski definition) is 0. The topological polar surface area (TPSA) is 63.9 Å². The molecule has 0 aromatic carbocycles. The van der Waals surface area contributed by atoms with Gasteiger partial charge in [0.25, 0.3) is 5.56 Å². The minimum atomic E-state index is 0.0652. The number of piperidine rings is 1. The Hall–Kier alpha value is -2.24. The van der Waals surface area contributed by atoms with Crippen LogP contribution >= 0.6 is 0 Å². The number of hydrogen-bond acceptors (Lipinski definition) is 5. The Morgan fingerprint density at radius 2 is 1.96 bits per heavy atom. The zero-order valence-corrected chi connectivity index (χ0v) is 16.4. The van der Waals surface area contributed by atoms with Crippen molar-refractivity contribution in [1.29, 1.82) is 0 Å². The van der Waals surface area contributed by atoms with E-state index in [1.165, 1.54) is 18.4 Å². The van der Waals surface area contributed by atoms with Crippen molar-refractivity contribution in [2.24, 2.45) is 5.92 Å². The van der Waals surface area contributed by atoms with E-state index in [2.05, 4.69) is 28.8 Å². The molecule has 6 heteroatoms. The van der Waals surface area contributed by atoms with Crippen molar-refractivity contribution in [3.05, 3.63) is 45.8 Å². The van der Waals surface area contributed by atoms with Gasteiger partial charge in [0.1, 0.15) is 11.6 Å². The molecule has 1 aliphatic carbocycles. The SMILES string of the molecule is CC(C)c1nccc(N2CCC(Cn3nc4c(cc3=O)CCCC4)CC2)n1. The molecule has 27 heavy (non-hydrogen) atoms. The van der Waals surface area contributed by atoms with E-state index in [1.807, 2.05) is 18.3 Å². The maximum atomic E-state index is 12.4. The average molecular weight is 367 g/mol. The largest absolute Gasteiger partial charge is 0.356 e. The van der Waals surface area contributed by atoms with Crippen molar-refractivity contribution in [3.63, 3.8) is 0 Å². The standard InChI is InChI=1S/C21H29N5O/c1-15(2)21-22-10-7-19(23-21)25-11-8-16(9-12-25)14-26-20(27)13-17-5-3-4-6-18(17)24-26/h7,10,13,15-16H,3-6,8-9,11-12,14H2,1-2H3. The fourth-order valence-electron chi connectivity index (χ4n) is 4.14. The molecule has 3 heterocycles. The smallest absolute Gasteiger partial charge is 0.267 e. The lowest BCUT2D eigenvalue weighted by molar-refractivity contribution is 0.331. The van der Waals surface area contributed by atoms with E-state index in [1.54, 1.807) is 4.68 Å². The Bertz CT molecular complexity index is 852. The highest BCUT2D eigenvalue weighted by Crippen LogP contribution is 2.24. The fourth-order valence-corrected chi connectivity index (χ4v) is 4.14. The first-order valence-corrected chi connectivity index (χ1v) is 10.3. The first-order chi connectivity index (χ1) is 13.1. The van der Waals surface area contributed by atoms with Gasteiger partial charge in [0.05, 0.1) is 5.69 Å². The van der Waals surface area contributed by atoms with Gasteiger partial charge in [0.15, 0.2) is 0 Å². The van der Waals surface area contributed by atoms with Crippen LogP contribution in [0.3, 0.4) is 0 Å². The fraction of sp³-hybridized carbons (Fsp3) is 0.619. The Balaban J connectivity index is 1.40. The van der Waals surface area contributed by atoms with E-state index in [0.717, 1.165) is 62.7 Å². The average Bonchev–Trinajstić information content (AvgIpc) is 2.69. The number of aryl methyl sites for hydroxylation is 2. The van der Waals surface area contributed by atoms with Gasteiger partial charge >= 0.3 is 0 Å². The summed E-state index contributed by atoms with van der Waals surface area (Å²) in [6.45, 7) is 6.92. The number of rotatable bonds is 4. The molecule has 4 rings (SSSR count). The van der Waals surface area contributed by atoms with Crippen molar-refractivity contribution >= 4 is 5.82 Å². The van der Waals surface area contributed by atoms with Crippen LogP contribution in [0.1, 0.15) is 62.5 Å². The summed E-state index contributed by atoms with van der Waals surface area (Å²) in [7, 11) is 0. The van der Waals surface area contributed by atoms with Gasteiger partial charge < -0.3 is 4.90 Å². The molecule has 0 saturated carbocycles. The first kappa shape index (κ1) is 18.1. The molecule has 1 aliphatic heterocycles. The minimum absolute atomic E-state index is 0.0652. The molecular weight excluding hydrogens is 338 g/mol. The van der Waals surface area contributed by atoms with Crippen molar-refractivity contribution < 1.29 is 0 Å². The predicted octanol–water partition coefficient (Wildman–Crippen LogP) is 2.95. The molecule has 144 valence electrons. The summed E-state index contributed by atoms with van der Waals surface area (Å²) in [5.41, 5.74) is 2.37. The number of nitrogens with zero attached hydrogens (tertiary/aromatic N) is 5. The summed E-state index contributed by atoms with van der Waals surface area (Å²) in [5, 5.41) is 4.69. The van der Waals surface area contributed by atoms with E-state index in [4.69, 9.17) is 4.98 Å². The van der Waals surface area contributed by atoms with Crippen LogP contribution in [0.15, 0.2) is 23.1 Å². The lowest BCUT2D eigenvalue weighted by atomic mass is 9.96. The minimum Gasteiger partial charge on any atom is -0.356 e. The van der Waals surface area contributed by atoms with Crippen LogP contribution in [-0.2, 0) is 19.4 Å². The first-order valence-electron chi connectivity index (χ1n) is 10.3. The van der Waals surface area contributed by atoms with E-state index in [0.29, 0.717) is 11.8 Å². The monoisotopic (exact) mass is 367 g/mol.